The monoisotopic (exact) mass is 271 g/mol. The molecule has 1 N–H and O–H groups in total. The Labute approximate surface area is 114 Å². The minimum absolute atomic E-state index is 0.203. The van der Waals surface area contributed by atoms with Crippen LogP contribution in [0.4, 0.5) is 0 Å². The maximum Gasteiger partial charge on any atom is 0.168 e. The fraction of sp³-hybridized carbons (Fsp3) is 1.00. The van der Waals surface area contributed by atoms with Crippen molar-refractivity contribution in [2.75, 3.05) is 26.0 Å². The molecule has 0 aromatic heterocycles. The van der Waals surface area contributed by atoms with Gasteiger partial charge in [-0.1, -0.05) is 6.42 Å². The van der Waals surface area contributed by atoms with Crippen LogP contribution in [0.15, 0.2) is 0 Å². The van der Waals surface area contributed by atoms with Gasteiger partial charge >= 0.3 is 0 Å². The predicted octanol–water partition coefficient (Wildman–Crippen LogP) is 2.55. The van der Waals surface area contributed by atoms with Gasteiger partial charge in [0.2, 0.25) is 0 Å². The Balaban J connectivity index is 1.43. The van der Waals surface area contributed by atoms with Gasteiger partial charge in [0.25, 0.3) is 0 Å². The van der Waals surface area contributed by atoms with Crippen LogP contribution in [0.2, 0.25) is 0 Å². The van der Waals surface area contributed by atoms with Crippen LogP contribution in [0.1, 0.15) is 44.9 Å². The summed E-state index contributed by atoms with van der Waals surface area (Å²) in [4.78, 5) is 0. The van der Waals surface area contributed by atoms with E-state index < -0.39 is 0 Å². The number of hydrogen-bond acceptors (Lipinski definition) is 4. The highest BCUT2D eigenvalue weighted by Gasteiger charge is 2.41. The van der Waals surface area contributed by atoms with Crippen LogP contribution in [0, 0.1) is 0 Å². The van der Waals surface area contributed by atoms with Crippen molar-refractivity contribution < 1.29 is 9.47 Å². The summed E-state index contributed by atoms with van der Waals surface area (Å²) in [6, 6.07) is 0.674. The van der Waals surface area contributed by atoms with Crippen molar-refractivity contribution in [3.63, 3.8) is 0 Å². The molecule has 4 heteroatoms. The molecular weight excluding hydrogens is 246 g/mol. The van der Waals surface area contributed by atoms with Crippen LogP contribution in [0.3, 0.4) is 0 Å². The summed E-state index contributed by atoms with van der Waals surface area (Å²) in [5.74, 6) is -0.203. The second-order valence-corrected chi connectivity index (χ2v) is 7.28. The first-order valence-corrected chi connectivity index (χ1v) is 8.55. The molecule has 18 heavy (non-hydrogen) atoms. The number of rotatable bonds is 4. The Morgan fingerprint density at radius 1 is 1.11 bits per heavy atom. The lowest BCUT2D eigenvalue weighted by Gasteiger charge is -2.43. The Bertz CT molecular complexity index is 272. The third kappa shape index (κ3) is 2.58. The fourth-order valence-corrected chi connectivity index (χ4v) is 4.33. The summed E-state index contributed by atoms with van der Waals surface area (Å²) in [6.45, 7) is 2.76. The molecular formula is C14H25NO2S. The van der Waals surface area contributed by atoms with E-state index in [1.165, 1.54) is 38.6 Å². The molecule has 0 aromatic rings. The van der Waals surface area contributed by atoms with E-state index in [9.17, 15) is 0 Å². The zero-order valence-electron chi connectivity index (χ0n) is 11.4. The van der Waals surface area contributed by atoms with Crippen molar-refractivity contribution in [2.24, 2.45) is 0 Å². The Morgan fingerprint density at radius 3 is 2.28 bits per heavy atom. The molecule has 104 valence electrons. The lowest BCUT2D eigenvalue weighted by Crippen LogP contribution is -2.49. The first-order valence-electron chi connectivity index (χ1n) is 7.32. The first kappa shape index (κ1) is 13.2. The second kappa shape index (κ2) is 5.31. The van der Waals surface area contributed by atoms with Gasteiger partial charge in [0.1, 0.15) is 0 Å². The summed E-state index contributed by atoms with van der Waals surface area (Å²) in [7, 11) is 0. The summed E-state index contributed by atoms with van der Waals surface area (Å²) in [5.41, 5.74) is 0. The topological polar surface area (TPSA) is 30.5 Å². The van der Waals surface area contributed by atoms with Crippen LogP contribution in [0.25, 0.3) is 0 Å². The van der Waals surface area contributed by atoms with Gasteiger partial charge in [-0.3, -0.25) is 0 Å². The van der Waals surface area contributed by atoms with E-state index in [4.69, 9.17) is 9.47 Å². The minimum atomic E-state index is -0.203. The molecule has 0 amide bonds. The Morgan fingerprint density at radius 2 is 1.78 bits per heavy atom. The summed E-state index contributed by atoms with van der Waals surface area (Å²) in [6.07, 6.45) is 11.0. The molecule has 0 radical (unpaired) electrons. The smallest absolute Gasteiger partial charge is 0.168 e. The molecule has 3 rings (SSSR count). The quantitative estimate of drug-likeness (QED) is 0.851. The van der Waals surface area contributed by atoms with E-state index in [1.54, 1.807) is 0 Å². The third-order valence-corrected chi connectivity index (χ3v) is 6.39. The molecule has 1 aliphatic heterocycles. The maximum atomic E-state index is 5.77. The van der Waals surface area contributed by atoms with Crippen LogP contribution in [-0.4, -0.2) is 42.6 Å². The van der Waals surface area contributed by atoms with Crippen molar-refractivity contribution in [2.45, 2.75) is 61.5 Å². The molecule has 3 fully saturated rings. The highest BCUT2D eigenvalue weighted by molar-refractivity contribution is 8.00. The van der Waals surface area contributed by atoms with E-state index in [0.29, 0.717) is 10.8 Å². The van der Waals surface area contributed by atoms with E-state index in [0.717, 1.165) is 26.1 Å². The molecule has 1 heterocycles. The van der Waals surface area contributed by atoms with Crippen LogP contribution >= 0.6 is 11.8 Å². The average Bonchev–Trinajstić information content (AvgIpc) is 2.80. The number of nitrogens with one attached hydrogen (secondary N) is 1. The third-order valence-electron chi connectivity index (χ3n) is 4.97. The van der Waals surface area contributed by atoms with Crippen molar-refractivity contribution >= 4 is 11.8 Å². The zero-order chi connectivity index (χ0) is 12.5. The molecule has 2 saturated carbocycles. The molecule has 0 aromatic carbocycles. The van der Waals surface area contributed by atoms with Crippen LogP contribution in [0.5, 0.6) is 0 Å². The molecule has 0 bridgehead atoms. The Hall–Kier alpha value is 0.230. The molecule has 2 aliphatic carbocycles. The van der Waals surface area contributed by atoms with E-state index in [-0.39, 0.29) is 5.79 Å². The minimum Gasteiger partial charge on any atom is -0.348 e. The molecule has 1 saturated heterocycles. The molecule has 0 atom stereocenters. The molecule has 3 nitrogen and oxygen atoms in total. The SMILES string of the molecule is CSC1(CNC2CCC3(CC2)OCCO3)CCC1. The van der Waals surface area contributed by atoms with Crippen LogP contribution in [-0.2, 0) is 9.47 Å². The zero-order valence-corrected chi connectivity index (χ0v) is 12.2. The molecule has 0 unspecified atom stereocenters. The van der Waals surface area contributed by atoms with Crippen molar-refractivity contribution in [1.29, 1.82) is 0 Å². The highest BCUT2D eigenvalue weighted by atomic mass is 32.2. The van der Waals surface area contributed by atoms with Gasteiger partial charge < -0.3 is 14.8 Å². The lowest BCUT2D eigenvalue weighted by molar-refractivity contribution is -0.179. The largest absolute Gasteiger partial charge is 0.348 e. The first-order chi connectivity index (χ1) is 8.76. The standard InChI is InChI=1S/C14H25NO2S/c1-18-13(5-2-6-13)11-15-12-3-7-14(8-4-12)16-9-10-17-14/h12,15H,2-11H2,1H3. The van der Waals surface area contributed by atoms with Crippen LogP contribution < -0.4 is 5.32 Å². The van der Waals surface area contributed by atoms with Gasteiger partial charge in [-0.25, -0.2) is 0 Å². The summed E-state index contributed by atoms with van der Waals surface area (Å²) >= 11 is 2.05. The van der Waals surface area contributed by atoms with E-state index in [1.807, 2.05) is 0 Å². The summed E-state index contributed by atoms with van der Waals surface area (Å²) in [5, 5.41) is 3.79. The van der Waals surface area contributed by atoms with Gasteiger partial charge in [-0.05, 0) is 31.9 Å². The number of hydrogen-bond donors (Lipinski definition) is 1. The number of thioether (sulfide) groups is 1. The van der Waals surface area contributed by atoms with E-state index in [2.05, 4.69) is 23.3 Å². The molecule has 3 aliphatic rings. The second-order valence-electron chi connectivity index (χ2n) is 6.00. The highest BCUT2D eigenvalue weighted by Crippen LogP contribution is 2.42. The van der Waals surface area contributed by atoms with Gasteiger partial charge in [-0.15, -0.1) is 0 Å². The normalized spacial score (nSPS) is 30.5. The predicted molar refractivity (Wildman–Crippen MR) is 75.0 cm³/mol. The van der Waals surface area contributed by atoms with Crippen molar-refractivity contribution in [3.05, 3.63) is 0 Å². The van der Waals surface area contributed by atoms with Gasteiger partial charge in [0, 0.05) is 30.2 Å². The lowest BCUT2D eigenvalue weighted by atomic mass is 9.83. The van der Waals surface area contributed by atoms with Gasteiger partial charge in [0.15, 0.2) is 5.79 Å². The van der Waals surface area contributed by atoms with Crippen molar-refractivity contribution in [1.82, 2.24) is 5.32 Å². The van der Waals surface area contributed by atoms with E-state index >= 15 is 0 Å². The van der Waals surface area contributed by atoms with Gasteiger partial charge in [-0.2, -0.15) is 11.8 Å². The Kier molecular flexibility index (Phi) is 3.90. The average molecular weight is 271 g/mol. The number of ether oxygens (including phenoxy) is 2. The van der Waals surface area contributed by atoms with Crippen molar-refractivity contribution in [3.8, 4) is 0 Å². The molecule has 1 spiro atoms. The maximum absolute atomic E-state index is 5.77. The van der Waals surface area contributed by atoms with Gasteiger partial charge in [0.05, 0.1) is 13.2 Å². The summed E-state index contributed by atoms with van der Waals surface area (Å²) < 4.78 is 12.1. The fourth-order valence-electron chi connectivity index (χ4n) is 3.40.